The van der Waals surface area contributed by atoms with Crippen molar-refractivity contribution in [3.05, 3.63) is 51.8 Å². The molecule has 1 heterocycles. The summed E-state index contributed by atoms with van der Waals surface area (Å²) < 4.78 is 4.75. The molecule has 0 amide bonds. The van der Waals surface area contributed by atoms with Crippen molar-refractivity contribution in [2.45, 2.75) is 6.92 Å². The van der Waals surface area contributed by atoms with Crippen LogP contribution in [0.1, 0.15) is 12.5 Å². The number of pyridine rings is 1. The van der Waals surface area contributed by atoms with Crippen molar-refractivity contribution in [2.24, 2.45) is 0 Å². The Labute approximate surface area is 115 Å². The molecule has 100 valence electrons. The predicted molar refractivity (Wildman–Crippen MR) is 74.8 cm³/mol. The fourth-order valence-electron chi connectivity index (χ4n) is 1.77. The Kier molecular flexibility index (Phi) is 3.96. The second kappa shape index (κ2) is 5.85. The van der Waals surface area contributed by atoms with Gasteiger partial charge in [-0.1, -0.05) is 18.2 Å². The molecule has 0 spiro atoms. The molecule has 0 radical (unpaired) electrons. The Bertz CT molecular complexity index is 782. The van der Waals surface area contributed by atoms with Crippen LogP contribution >= 0.6 is 0 Å². The maximum atomic E-state index is 11.9. The third kappa shape index (κ3) is 2.75. The Balaban J connectivity index is 2.52. The van der Waals surface area contributed by atoms with E-state index in [9.17, 15) is 9.59 Å². The van der Waals surface area contributed by atoms with Gasteiger partial charge in [-0.05, 0) is 30.5 Å². The lowest BCUT2D eigenvalue weighted by Crippen LogP contribution is -2.11. The molecule has 0 atom stereocenters. The number of carbonyl (C=O) groups excluding carboxylic acids is 1. The first-order chi connectivity index (χ1) is 9.65. The highest BCUT2D eigenvalue weighted by atomic mass is 16.5. The second-order valence-electron chi connectivity index (χ2n) is 4.03. The molecule has 0 fully saturated rings. The third-order valence-corrected chi connectivity index (χ3v) is 2.70. The van der Waals surface area contributed by atoms with Crippen LogP contribution < -0.4 is 5.56 Å². The molecular formula is C15H12N2O3. The molecule has 2 rings (SSSR count). The zero-order valence-corrected chi connectivity index (χ0v) is 10.8. The van der Waals surface area contributed by atoms with E-state index >= 15 is 0 Å². The van der Waals surface area contributed by atoms with Crippen molar-refractivity contribution in [1.29, 1.82) is 5.26 Å². The highest BCUT2D eigenvalue weighted by Crippen LogP contribution is 2.12. The number of benzene rings is 1. The van der Waals surface area contributed by atoms with Crippen molar-refractivity contribution in [3.63, 3.8) is 0 Å². The highest BCUT2D eigenvalue weighted by molar-refractivity contribution is 5.98. The molecule has 0 aliphatic heterocycles. The van der Waals surface area contributed by atoms with E-state index in [-0.39, 0.29) is 23.3 Å². The van der Waals surface area contributed by atoms with E-state index in [0.29, 0.717) is 5.52 Å². The van der Waals surface area contributed by atoms with Gasteiger partial charge in [0, 0.05) is 11.1 Å². The lowest BCUT2D eigenvalue weighted by atomic mass is 10.1. The van der Waals surface area contributed by atoms with Gasteiger partial charge >= 0.3 is 5.97 Å². The minimum Gasteiger partial charge on any atom is -0.462 e. The zero-order valence-electron chi connectivity index (χ0n) is 10.8. The molecule has 1 aromatic carbocycles. The van der Waals surface area contributed by atoms with E-state index in [1.165, 1.54) is 6.08 Å². The number of nitrogens with zero attached hydrogens (tertiary/aromatic N) is 1. The van der Waals surface area contributed by atoms with Gasteiger partial charge in [0.25, 0.3) is 5.56 Å². The number of nitriles is 1. The average molecular weight is 268 g/mol. The Hall–Kier alpha value is -2.87. The smallest absolute Gasteiger partial charge is 0.348 e. The molecule has 0 unspecified atom stereocenters. The number of para-hydroxylation sites is 1. The van der Waals surface area contributed by atoms with Gasteiger partial charge in [-0.15, -0.1) is 0 Å². The molecule has 5 heteroatoms. The first-order valence-corrected chi connectivity index (χ1v) is 6.06. The SMILES string of the molecule is CCOC(=O)C(C#N)=Cc1cc2ccccc2[nH]c1=O. The number of aromatic nitrogens is 1. The van der Waals surface area contributed by atoms with E-state index in [1.54, 1.807) is 25.1 Å². The van der Waals surface area contributed by atoms with Crippen LogP contribution in [0, 0.1) is 11.3 Å². The monoisotopic (exact) mass is 268 g/mol. The number of fused-ring (bicyclic) bond motifs is 1. The van der Waals surface area contributed by atoms with Gasteiger partial charge in [0.2, 0.25) is 0 Å². The number of ether oxygens (including phenoxy) is 1. The predicted octanol–water partition coefficient (Wildman–Crippen LogP) is 2.00. The number of H-pyrrole nitrogens is 1. The largest absolute Gasteiger partial charge is 0.462 e. The number of aromatic amines is 1. The Morgan fingerprint density at radius 2 is 2.20 bits per heavy atom. The van der Waals surface area contributed by atoms with Gasteiger partial charge in [-0.2, -0.15) is 5.26 Å². The van der Waals surface area contributed by atoms with Crippen LogP contribution in [-0.4, -0.2) is 17.6 Å². The number of esters is 1. The van der Waals surface area contributed by atoms with E-state index < -0.39 is 5.97 Å². The van der Waals surface area contributed by atoms with Gasteiger partial charge in [0.15, 0.2) is 0 Å². The molecule has 1 aromatic heterocycles. The summed E-state index contributed by atoms with van der Waals surface area (Å²) in [6, 6.07) is 10.6. The van der Waals surface area contributed by atoms with Crippen LogP contribution in [-0.2, 0) is 9.53 Å². The number of carbonyl (C=O) groups is 1. The fraction of sp³-hybridized carbons (Fsp3) is 0.133. The first-order valence-electron chi connectivity index (χ1n) is 6.06. The molecule has 1 N–H and O–H groups in total. The summed E-state index contributed by atoms with van der Waals surface area (Å²) in [5.74, 6) is -0.734. The summed E-state index contributed by atoms with van der Waals surface area (Å²) >= 11 is 0. The lowest BCUT2D eigenvalue weighted by molar-refractivity contribution is -0.137. The Morgan fingerprint density at radius 3 is 2.90 bits per heavy atom. The van der Waals surface area contributed by atoms with Crippen molar-refractivity contribution >= 4 is 22.9 Å². The molecule has 5 nitrogen and oxygen atoms in total. The van der Waals surface area contributed by atoms with Crippen molar-refractivity contribution < 1.29 is 9.53 Å². The summed E-state index contributed by atoms with van der Waals surface area (Å²) in [7, 11) is 0. The van der Waals surface area contributed by atoms with Crippen molar-refractivity contribution in [1.82, 2.24) is 4.98 Å². The number of rotatable bonds is 3. The summed E-state index contributed by atoms with van der Waals surface area (Å²) in [5, 5.41) is 9.78. The van der Waals surface area contributed by atoms with Crippen LogP contribution in [0.4, 0.5) is 0 Å². The quantitative estimate of drug-likeness (QED) is 0.524. The molecule has 0 saturated heterocycles. The van der Waals surface area contributed by atoms with Crippen LogP contribution in [0.15, 0.2) is 40.7 Å². The second-order valence-corrected chi connectivity index (χ2v) is 4.03. The molecule has 20 heavy (non-hydrogen) atoms. The van der Waals surface area contributed by atoms with Gasteiger partial charge in [-0.25, -0.2) is 4.79 Å². The molecule has 0 aliphatic carbocycles. The summed E-state index contributed by atoms with van der Waals surface area (Å²) in [6.45, 7) is 1.82. The van der Waals surface area contributed by atoms with Gasteiger partial charge in [0.1, 0.15) is 11.6 Å². The summed E-state index contributed by atoms with van der Waals surface area (Å²) in [4.78, 5) is 26.1. The van der Waals surface area contributed by atoms with E-state index in [2.05, 4.69) is 4.98 Å². The minimum atomic E-state index is -0.734. The topological polar surface area (TPSA) is 82.9 Å². The maximum absolute atomic E-state index is 11.9. The van der Waals surface area contributed by atoms with E-state index in [1.807, 2.05) is 18.2 Å². The molecule has 2 aromatic rings. The minimum absolute atomic E-state index is 0.173. The van der Waals surface area contributed by atoms with Crippen molar-refractivity contribution in [2.75, 3.05) is 6.61 Å². The third-order valence-electron chi connectivity index (χ3n) is 2.70. The van der Waals surface area contributed by atoms with Crippen LogP contribution in [0.5, 0.6) is 0 Å². The van der Waals surface area contributed by atoms with Crippen LogP contribution in [0.2, 0.25) is 0 Å². The van der Waals surface area contributed by atoms with Crippen molar-refractivity contribution in [3.8, 4) is 6.07 Å². The highest BCUT2D eigenvalue weighted by Gasteiger charge is 2.11. The molecule has 0 saturated carbocycles. The van der Waals surface area contributed by atoms with Crippen LogP contribution in [0.3, 0.4) is 0 Å². The molecule has 0 bridgehead atoms. The Morgan fingerprint density at radius 1 is 1.45 bits per heavy atom. The van der Waals surface area contributed by atoms with Gasteiger partial charge in [0.05, 0.1) is 6.61 Å². The van der Waals surface area contributed by atoms with Crippen LogP contribution in [0.25, 0.3) is 17.0 Å². The van der Waals surface area contributed by atoms with E-state index in [0.717, 1.165) is 5.39 Å². The summed E-state index contributed by atoms with van der Waals surface area (Å²) in [5.41, 5.74) is 0.381. The molecular weight excluding hydrogens is 256 g/mol. The normalized spacial score (nSPS) is 11.1. The van der Waals surface area contributed by atoms with E-state index in [4.69, 9.17) is 10.00 Å². The summed E-state index contributed by atoms with van der Waals surface area (Å²) in [6.07, 6.45) is 1.24. The number of hydrogen-bond donors (Lipinski definition) is 1. The van der Waals surface area contributed by atoms with Gasteiger partial charge < -0.3 is 9.72 Å². The first kappa shape index (κ1) is 13.6. The lowest BCUT2D eigenvalue weighted by Gasteiger charge is -2.01. The standard InChI is InChI=1S/C15H12N2O3/c1-2-20-15(19)12(9-16)8-11-7-10-5-3-4-6-13(10)17-14(11)18/h3-8H,2H2,1H3,(H,17,18). The number of hydrogen-bond acceptors (Lipinski definition) is 4. The average Bonchev–Trinajstić information content (AvgIpc) is 2.45. The fourth-order valence-corrected chi connectivity index (χ4v) is 1.77. The molecule has 0 aliphatic rings. The zero-order chi connectivity index (χ0) is 14.5. The van der Waals surface area contributed by atoms with Gasteiger partial charge in [-0.3, -0.25) is 4.79 Å². The maximum Gasteiger partial charge on any atom is 0.348 e. The number of nitrogens with one attached hydrogen (secondary N) is 1.